The summed E-state index contributed by atoms with van der Waals surface area (Å²) in [5.74, 6) is -1.32. The van der Waals surface area contributed by atoms with E-state index in [-0.39, 0.29) is 0 Å². The van der Waals surface area contributed by atoms with Gasteiger partial charge in [-0.15, -0.1) is 4.39 Å². The van der Waals surface area contributed by atoms with Gasteiger partial charge in [-0.1, -0.05) is 0 Å². The highest BCUT2D eigenvalue weighted by molar-refractivity contribution is 6.31. The topological polar surface area (TPSA) is 60.2 Å². The van der Waals surface area contributed by atoms with Gasteiger partial charge in [-0.3, -0.25) is 14.9 Å². The number of ketones is 1. The number of nitro groups is 1. The molecule has 0 bridgehead atoms. The fourth-order valence-electron chi connectivity index (χ4n) is 0.129. The van der Waals surface area contributed by atoms with Crippen LogP contribution in [0.15, 0.2) is 0 Å². The molecule has 52 valence electrons. The predicted molar refractivity (Wildman–Crippen MR) is 27.4 cm³/mol. The number of carbonyl (C=O) groups excluding carboxylic acids is 1. The second-order valence-electron chi connectivity index (χ2n) is 1.35. The van der Waals surface area contributed by atoms with Gasteiger partial charge in [0.2, 0.25) is 0 Å². The lowest BCUT2D eigenvalue weighted by atomic mass is 10.4. The minimum absolute atomic E-state index is 0.704. The van der Waals surface area contributed by atoms with Crippen LogP contribution in [0.1, 0.15) is 6.92 Å². The van der Waals surface area contributed by atoms with Gasteiger partial charge in [-0.2, -0.15) is 0 Å². The van der Waals surface area contributed by atoms with Gasteiger partial charge in [0.25, 0.3) is 5.78 Å². The lowest BCUT2D eigenvalue weighted by Crippen LogP contribution is -2.33. The highest BCUT2D eigenvalue weighted by Crippen LogP contribution is 2.17. The molecule has 1 atom stereocenters. The molecule has 0 spiro atoms. The monoisotopic (exact) mass is 155 g/mol. The molecule has 0 aliphatic heterocycles. The van der Waals surface area contributed by atoms with Crippen LogP contribution in [0.4, 0.5) is 4.39 Å². The zero-order valence-corrected chi connectivity index (χ0v) is 5.18. The summed E-state index contributed by atoms with van der Waals surface area (Å²) in [5.41, 5.74) is 0. The molecule has 0 saturated carbocycles. The van der Waals surface area contributed by atoms with E-state index in [0.717, 1.165) is 0 Å². The molecule has 0 aliphatic rings. The quantitative estimate of drug-likeness (QED) is 0.255. The van der Waals surface area contributed by atoms with E-state index in [1.54, 1.807) is 0 Å². The standard InChI is InChI=1S/C3H3ClFNO3/c1-2(7)3(4,5)6(8)9/h1H3. The molecule has 0 heterocycles. The summed E-state index contributed by atoms with van der Waals surface area (Å²) in [6.07, 6.45) is 0. The molecule has 9 heavy (non-hydrogen) atoms. The van der Waals surface area contributed by atoms with E-state index < -0.39 is 16.0 Å². The summed E-state index contributed by atoms with van der Waals surface area (Å²) >= 11 is 4.49. The molecule has 0 rings (SSSR count). The third kappa shape index (κ3) is 1.60. The average Bonchev–Trinajstić information content (AvgIpc) is 1.65. The summed E-state index contributed by atoms with van der Waals surface area (Å²) in [6, 6.07) is 0. The molecule has 1 unspecified atom stereocenters. The molecule has 0 saturated heterocycles. The first kappa shape index (κ1) is 8.29. The van der Waals surface area contributed by atoms with Gasteiger partial charge < -0.3 is 0 Å². The third-order valence-corrected chi connectivity index (χ3v) is 1.06. The molecule has 0 aliphatic carbocycles. The maximum atomic E-state index is 12.1. The SMILES string of the molecule is CC(=O)C(F)(Cl)[N+](=O)[O-]. The lowest BCUT2D eigenvalue weighted by Gasteiger charge is -2.01. The van der Waals surface area contributed by atoms with Crippen LogP contribution in [0.3, 0.4) is 0 Å². The van der Waals surface area contributed by atoms with Gasteiger partial charge >= 0.3 is 5.25 Å². The highest BCUT2D eigenvalue weighted by Gasteiger charge is 2.46. The summed E-state index contributed by atoms with van der Waals surface area (Å²) in [7, 11) is 0. The van der Waals surface area contributed by atoms with E-state index in [9.17, 15) is 19.3 Å². The van der Waals surface area contributed by atoms with Gasteiger partial charge in [0.05, 0.1) is 4.92 Å². The minimum Gasteiger partial charge on any atom is -0.287 e. The van der Waals surface area contributed by atoms with Crippen molar-refractivity contribution in [1.82, 2.24) is 0 Å². The van der Waals surface area contributed by atoms with E-state index >= 15 is 0 Å². The predicted octanol–water partition coefficient (Wildman–Crippen LogP) is 0.714. The number of carbonyl (C=O) groups is 1. The number of Topliss-reactive ketones (excluding diaryl/α,β-unsaturated/α-hetero) is 1. The van der Waals surface area contributed by atoms with Crippen molar-refractivity contribution in [2.45, 2.75) is 12.2 Å². The van der Waals surface area contributed by atoms with Crippen LogP contribution in [-0.2, 0) is 4.79 Å². The molecule has 6 heteroatoms. The van der Waals surface area contributed by atoms with Crippen molar-refractivity contribution in [3.05, 3.63) is 10.1 Å². The number of rotatable bonds is 2. The second-order valence-corrected chi connectivity index (χ2v) is 1.86. The van der Waals surface area contributed by atoms with Crippen molar-refractivity contribution in [3.63, 3.8) is 0 Å². The molecule has 0 N–H and O–H groups in total. The number of nitrogens with zero attached hydrogens (tertiary/aromatic N) is 1. The Bertz CT molecular complexity index is 141. The fourth-order valence-corrected chi connectivity index (χ4v) is 0.129. The number of halogens is 2. The Balaban J connectivity index is 4.38. The Hall–Kier alpha value is -0.710. The summed E-state index contributed by atoms with van der Waals surface area (Å²) in [4.78, 5) is 18.0. The maximum Gasteiger partial charge on any atom is 0.497 e. The van der Waals surface area contributed by atoms with Crippen molar-refractivity contribution >= 4 is 17.4 Å². The van der Waals surface area contributed by atoms with Crippen LogP contribution >= 0.6 is 11.6 Å². The first-order valence-electron chi connectivity index (χ1n) is 1.92. The third-order valence-electron chi connectivity index (χ3n) is 0.653. The Kier molecular flexibility index (Phi) is 2.08. The Morgan fingerprint density at radius 2 is 2.22 bits per heavy atom. The largest absolute Gasteiger partial charge is 0.497 e. The van der Waals surface area contributed by atoms with Crippen LogP contribution in [-0.4, -0.2) is 16.0 Å². The molecule has 0 aromatic carbocycles. The highest BCUT2D eigenvalue weighted by atomic mass is 35.5. The molecule has 0 fully saturated rings. The first-order chi connectivity index (χ1) is 3.89. The fraction of sp³-hybridized carbons (Fsp3) is 0.667. The van der Waals surface area contributed by atoms with E-state index in [1.165, 1.54) is 0 Å². The van der Waals surface area contributed by atoms with Gasteiger partial charge in [-0.05, 0) is 0 Å². The van der Waals surface area contributed by atoms with Gasteiger partial charge in [0.1, 0.15) is 0 Å². The normalized spacial score (nSPS) is 16.3. The van der Waals surface area contributed by atoms with Crippen LogP contribution < -0.4 is 0 Å². The van der Waals surface area contributed by atoms with Crippen molar-refractivity contribution < 1.29 is 14.1 Å². The molecule has 0 amide bonds. The molecule has 4 nitrogen and oxygen atoms in total. The lowest BCUT2D eigenvalue weighted by molar-refractivity contribution is -0.556. The molecular weight excluding hydrogens is 152 g/mol. The van der Waals surface area contributed by atoms with Gasteiger partial charge in [-0.25, -0.2) is 0 Å². The molecular formula is C3H3ClFNO3. The van der Waals surface area contributed by atoms with Crippen molar-refractivity contribution in [1.29, 1.82) is 0 Å². The molecule has 0 radical (unpaired) electrons. The first-order valence-corrected chi connectivity index (χ1v) is 2.30. The van der Waals surface area contributed by atoms with Crippen LogP contribution in [0.5, 0.6) is 0 Å². The number of hydrogen-bond donors (Lipinski definition) is 0. The maximum absolute atomic E-state index is 12.1. The van der Waals surface area contributed by atoms with Gasteiger partial charge in [0.15, 0.2) is 0 Å². The summed E-state index contributed by atoms with van der Waals surface area (Å²) in [5, 5.41) is 6.10. The Morgan fingerprint density at radius 1 is 1.89 bits per heavy atom. The Morgan fingerprint density at radius 3 is 2.22 bits per heavy atom. The second kappa shape index (κ2) is 2.26. The number of hydrogen-bond acceptors (Lipinski definition) is 3. The van der Waals surface area contributed by atoms with Crippen molar-refractivity contribution in [2.24, 2.45) is 0 Å². The van der Waals surface area contributed by atoms with E-state index in [1.807, 2.05) is 0 Å². The summed E-state index contributed by atoms with van der Waals surface area (Å²) < 4.78 is 12.1. The average molecular weight is 156 g/mol. The molecule has 0 aromatic heterocycles. The van der Waals surface area contributed by atoms with E-state index in [4.69, 9.17) is 0 Å². The van der Waals surface area contributed by atoms with Crippen LogP contribution in [0.25, 0.3) is 0 Å². The van der Waals surface area contributed by atoms with Crippen molar-refractivity contribution in [2.75, 3.05) is 0 Å². The number of alkyl halides is 2. The molecule has 0 aromatic rings. The van der Waals surface area contributed by atoms with Crippen LogP contribution in [0, 0.1) is 10.1 Å². The Labute approximate surface area is 54.8 Å². The van der Waals surface area contributed by atoms with E-state index in [0.29, 0.717) is 6.92 Å². The zero-order chi connectivity index (χ0) is 7.65. The van der Waals surface area contributed by atoms with Crippen molar-refractivity contribution in [3.8, 4) is 0 Å². The smallest absolute Gasteiger partial charge is 0.287 e. The zero-order valence-electron chi connectivity index (χ0n) is 4.43. The van der Waals surface area contributed by atoms with Crippen LogP contribution in [0.2, 0.25) is 0 Å². The van der Waals surface area contributed by atoms with E-state index in [2.05, 4.69) is 11.6 Å². The minimum atomic E-state index is -3.44. The summed E-state index contributed by atoms with van der Waals surface area (Å²) in [6.45, 7) is 0.704. The van der Waals surface area contributed by atoms with Gasteiger partial charge in [0, 0.05) is 18.5 Å².